The fourth-order valence-electron chi connectivity index (χ4n) is 2.89. The molecule has 0 bridgehead atoms. The topological polar surface area (TPSA) is 94.5 Å². The zero-order chi connectivity index (χ0) is 17.7. The lowest BCUT2D eigenvalue weighted by Gasteiger charge is -2.21. The number of carbonyl (C=O) groups excluding carboxylic acids is 1. The second kappa shape index (κ2) is 7.88. The first kappa shape index (κ1) is 17.9. The molecule has 0 saturated carbocycles. The normalized spacial score (nSPS) is 10.8. The Kier molecular flexibility index (Phi) is 5.88. The van der Waals surface area contributed by atoms with E-state index in [4.69, 9.17) is 10.4 Å². The molecule has 7 heteroatoms. The Bertz CT molecular complexity index is 769. The number of aromatic nitrogens is 3. The average Bonchev–Trinajstić information content (AvgIpc) is 2.97. The van der Waals surface area contributed by atoms with E-state index in [2.05, 4.69) is 16.2 Å². The maximum atomic E-state index is 12.4. The van der Waals surface area contributed by atoms with Crippen LogP contribution in [-0.2, 0) is 11.2 Å². The molecule has 0 atom stereocenters. The van der Waals surface area contributed by atoms with Gasteiger partial charge in [0.25, 0.3) is 0 Å². The van der Waals surface area contributed by atoms with Gasteiger partial charge in [-0.15, -0.1) is 0 Å². The predicted molar refractivity (Wildman–Crippen MR) is 89.5 cm³/mol. The molecular formula is C17H23N5O2. The van der Waals surface area contributed by atoms with Crippen LogP contribution in [0.2, 0.25) is 0 Å². The van der Waals surface area contributed by atoms with E-state index in [0.717, 1.165) is 23.4 Å². The summed E-state index contributed by atoms with van der Waals surface area (Å²) in [7, 11) is 0. The highest BCUT2D eigenvalue weighted by Crippen LogP contribution is 2.18. The molecule has 0 fully saturated rings. The van der Waals surface area contributed by atoms with E-state index in [0.29, 0.717) is 37.1 Å². The van der Waals surface area contributed by atoms with Gasteiger partial charge >= 0.3 is 0 Å². The fraction of sp³-hybridized carbons (Fsp3) is 0.529. The van der Waals surface area contributed by atoms with Crippen LogP contribution in [-0.4, -0.2) is 50.2 Å². The molecule has 0 aliphatic rings. The monoisotopic (exact) mass is 329 g/mol. The third-order valence-electron chi connectivity index (χ3n) is 4.13. The van der Waals surface area contributed by atoms with Crippen molar-refractivity contribution in [3.63, 3.8) is 0 Å². The molecule has 2 heterocycles. The van der Waals surface area contributed by atoms with Gasteiger partial charge in [-0.3, -0.25) is 4.79 Å². The largest absolute Gasteiger partial charge is 0.395 e. The molecule has 0 radical (unpaired) electrons. The van der Waals surface area contributed by atoms with Gasteiger partial charge < -0.3 is 10.0 Å². The smallest absolute Gasteiger partial charge is 0.222 e. The first-order valence-electron chi connectivity index (χ1n) is 8.16. The number of nitrogens with zero attached hydrogens (tertiary/aromatic N) is 5. The Balaban J connectivity index is 2.21. The van der Waals surface area contributed by atoms with Crippen LogP contribution in [0.25, 0.3) is 5.65 Å². The maximum absolute atomic E-state index is 12.4. The number of rotatable bonds is 7. The molecule has 7 nitrogen and oxygen atoms in total. The van der Waals surface area contributed by atoms with Crippen LogP contribution in [0.4, 0.5) is 0 Å². The minimum atomic E-state index is -0.0263. The van der Waals surface area contributed by atoms with Gasteiger partial charge in [0.15, 0.2) is 5.65 Å². The summed E-state index contributed by atoms with van der Waals surface area (Å²) in [4.78, 5) is 18.5. The van der Waals surface area contributed by atoms with E-state index in [-0.39, 0.29) is 12.5 Å². The highest BCUT2D eigenvalue weighted by Gasteiger charge is 2.17. The maximum Gasteiger partial charge on any atom is 0.222 e. The van der Waals surface area contributed by atoms with E-state index in [9.17, 15) is 4.79 Å². The van der Waals surface area contributed by atoms with Gasteiger partial charge in [0, 0.05) is 30.9 Å². The molecule has 24 heavy (non-hydrogen) atoms. The van der Waals surface area contributed by atoms with E-state index in [1.165, 1.54) is 6.20 Å². The summed E-state index contributed by atoms with van der Waals surface area (Å²) in [6.45, 7) is 6.81. The predicted octanol–water partition coefficient (Wildman–Crippen LogP) is 1.38. The molecule has 0 spiro atoms. The summed E-state index contributed by atoms with van der Waals surface area (Å²) in [5.74, 6) is 0.0305. The summed E-state index contributed by atoms with van der Waals surface area (Å²) in [5, 5.41) is 22.4. The standard InChI is InChI=1S/C17H23N5O2/c1-4-7-21(8-9-23)16(24)6-5-15-12(2)20-17-14(10-18)11-19-22(17)13(15)3/h11,23H,4-9H2,1-3H3. The number of fused-ring (bicyclic) bond motifs is 1. The molecule has 0 unspecified atom stereocenters. The number of carbonyl (C=O) groups is 1. The van der Waals surface area contributed by atoms with E-state index in [1.807, 2.05) is 20.8 Å². The van der Waals surface area contributed by atoms with Gasteiger partial charge in [-0.25, -0.2) is 9.50 Å². The number of hydrogen-bond acceptors (Lipinski definition) is 5. The Morgan fingerprint density at radius 3 is 2.79 bits per heavy atom. The van der Waals surface area contributed by atoms with E-state index in [1.54, 1.807) is 9.42 Å². The van der Waals surface area contributed by atoms with Crippen LogP contribution < -0.4 is 0 Å². The van der Waals surface area contributed by atoms with Crippen molar-refractivity contribution >= 4 is 11.6 Å². The highest BCUT2D eigenvalue weighted by molar-refractivity contribution is 5.76. The molecule has 0 aliphatic heterocycles. The molecule has 1 N–H and O–H groups in total. The van der Waals surface area contributed by atoms with Gasteiger partial charge in [0.05, 0.1) is 12.8 Å². The molecule has 2 aromatic heterocycles. The number of nitriles is 1. The van der Waals surface area contributed by atoms with Crippen molar-refractivity contribution in [1.29, 1.82) is 5.26 Å². The summed E-state index contributed by atoms with van der Waals surface area (Å²) < 4.78 is 1.66. The summed E-state index contributed by atoms with van der Waals surface area (Å²) in [5.41, 5.74) is 3.69. The van der Waals surface area contributed by atoms with Crippen molar-refractivity contribution in [3.05, 3.63) is 28.7 Å². The van der Waals surface area contributed by atoms with Gasteiger partial charge in [-0.2, -0.15) is 10.4 Å². The van der Waals surface area contributed by atoms with Crippen LogP contribution in [0.1, 0.15) is 42.3 Å². The Hall–Kier alpha value is -2.46. The molecule has 2 aromatic rings. The number of amides is 1. The van der Waals surface area contributed by atoms with Gasteiger partial charge in [0.2, 0.25) is 5.91 Å². The van der Waals surface area contributed by atoms with Crippen LogP contribution >= 0.6 is 0 Å². The van der Waals surface area contributed by atoms with Gasteiger partial charge in [-0.1, -0.05) is 6.92 Å². The molecule has 0 aromatic carbocycles. The third kappa shape index (κ3) is 3.54. The third-order valence-corrected chi connectivity index (χ3v) is 4.13. The molecule has 128 valence electrons. The zero-order valence-electron chi connectivity index (χ0n) is 14.4. The van der Waals surface area contributed by atoms with Crippen molar-refractivity contribution in [2.24, 2.45) is 0 Å². The van der Waals surface area contributed by atoms with Crippen LogP contribution in [0.3, 0.4) is 0 Å². The van der Waals surface area contributed by atoms with Crippen molar-refractivity contribution in [3.8, 4) is 6.07 Å². The lowest BCUT2D eigenvalue weighted by Crippen LogP contribution is -2.34. The zero-order valence-corrected chi connectivity index (χ0v) is 14.4. The number of aryl methyl sites for hydroxylation is 2. The molecule has 2 rings (SSSR count). The van der Waals surface area contributed by atoms with Crippen LogP contribution in [0.5, 0.6) is 0 Å². The quantitative estimate of drug-likeness (QED) is 0.828. The fourth-order valence-corrected chi connectivity index (χ4v) is 2.89. The lowest BCUT2D eigenvalue weighted by atomic mass is 10.1. The minimum absolute atomic E-state index is 0.0263. The first-order valence-corrected chi connectivity index (χ1v) is 8.16. The highest BCUT2D eigenvalue weighted by atomic mass is 16.3. The summed E-state index contributed by atoms with van der Waals surface area (Å²) in [6, 6.07) is 2.09. The van der Waals surface area contributed by atoms with Crippen molar-refractivity contribution < 1.29 is 9.90 Å². The second-order valence-corrected chi connectivity index (χ2v) is 5.77. The van der Waals surface area contributed by atoms with Crippen LogP contribution in [0.15, 0.2) is 6.20 Å². The number of aliphatic hydroxyl groups is 1. The van der Waals surface area contributed by atoms with E-state index < -0.39 is 0 Å². The van der Waals surface area contributed by atoms with Gasteiger partial charge in [-0.05, 0) is 32.3 Å². The molecule has 0 aliphatic carbocycles. The average molecular weight is 329 g/mol. The van der Waals surface area contributed by atoms with Crippen molar-refractivity contribution in [2.75, 3.05) is 19.7 Å². The SMILES string of the molecule is CCCN(CCO)C(=O)CCc1c(C)nc2c(C#N)cnn2c1C. The summed E-state index contributed by atoms with van der Waals surface area (Å²) >= 11 is 0. The minimum Gasteiger partial charge on any atom is -0.395 e. The Morgan fingerprint density at radius 2 is 2.17 bits per heavy atom. The molecule has 0 saturated heterocycles. The first-order chi connectivity index (χ1) is 11.5. The van der Waals surface area contributed by atoms with Crippen molar-refractivity contribution in [1.82, 2.24) is 19.5 Å². The van der Waals surface area contributed by atoms with E-state index >= 15 is 0 Å². The van der Waals surface area contributed by atoms with Crippen molar-refractivity contribution in [2.45, 2.75) is 40.0 Å². The summed E-state index contributed by atoms with van der Waals surface area (Å²) in [6.07, 6.45) is 3.30. The Labute approximate surface area is 141 Å². The number of aliphatic hydroxyl groups excluding tert-OH is 1. The van der Waals surface area contributed by atoms with Gasteiger partial charge in [0.1, 0.15) is 11.6 Å². The lowest BCUT2D eigenvalue weighted by molar-refractivity contribution is -0.131. The second-order valence-electron chi connectivity index (χ2n) is 5.77. The molecular weight excluding hydrogens is 306 g/mol. The van der Waals surface area contributed by atoms with Crippen LogP contribution in [0, 0.1) is 25.2 Å². The Morgan fingerprint density at radius 1 is 1.42 bits per heavy atom. The molecule has 1 amide bonds. The number of hydrogen-bond donors (Lipinski definition) is 1.